The molecule has 0 saturated heterocycles. The zero-order valence-electron chi connectivity index (χ0n) is 9.78. The van der Waals surface area contributed by atoms with E-state index in [1.54, 1.807) is 0 Å². The third-order valence-corrected chi connectivity index (χ3v) is 3.46. The Morgan fingerprint density at radius 2 is 1.78 bits per heavy atom. The van der Waals surface area contributed by atoms with Gasteiger partial charge in [-0.1, -0.05) is 52.8 Å². The summed E-state index contributed by atoms with van der Waals surface area (Å²) < 4.78 is 1.08. The first-order valence-corrected chi connectivity index (χ1v) is 6.56. The average Bonchev–Trinajstić information content (AvgIpc) is 2.39. The summed E-state index contributed by atoms with van der Waals surface area (Å²) in [7, 11) is 0. The topological polar surface area (TPSA) is 12.0 Å². The summed E-state index contributed by atoms with van der Waals surface area (Å²) >= 11 is 3.53. The van der Waals surface area contributed by atoms with E-state index < -0.39 is 0 Å². The first kappa shape index (κ1) is 11.3. The second-order valence-electron chi connectivity index (χ2n) is 4.26. The Kier molecular flexibility index (Phi) is 2.80. The molecule has 0 amide bonds. The van der Waals surface area contributed by atoms with Crippen molar-refractivity contribution < 1.29 is 0 Å². The molecule has 0 radical (unpaired) electrons. The van der Waals surface area contributed by atoms with Crippen molar-refractivity contribution in [1.29, 1.82) is 0 Å². The number of fused-ring (bicyclic) bond motifs is 1. The number of allylic oxidation sites excluding steroid dienone is 1. The van der Waals surface area contributed by atoms with Gasteiger partial charge in [0.1, 0.15) is 0 Å². The van der Waals surface area contributed by atoms with Gasteiger partial charge >= 0.3 is 0 Å². The molecular formula is C16H12BrN. The van der Waals surface area contributed by atoms with Crippen LogP contribution in [-0.2, 0) is 0 Å². The third kappa shape index (κ3) is 2.00. The normalized spacial score (nSPS) is 13.6. The Morgan fingerprint density at radius 3 is 2.56 bits per heavy atom. The Balaban J connectivity index is 2.20. The Bertz CT molecular complexity index is 641. The quantitative estimate of drug-likeness (QED) is 0.796. The molecule has 3 rings (SSSR count). The Labute approximate surface area is 115 Å². The van der Waals surface area contributed by atoms with E-state index in [1.165, 1.54) is 16.7 Å². The molecule has 18 heavy (non-hydrogen) atoms. The van der Waals surface area contributed by atoms with Crippen molar-refractivity contribution in [3.8, 4) is 0 Å². The van der Waals surface area contributed by atoms with Gasteiger partial charge in [-0.25, -0.2) is 0 Å². The maximum Gasteiger partial charge on any atom is 0.0464 e. The predicted octanol–water partition coefficient (Wildman–Crippen LogP) is 4.82. The molecule has 1 aliphatic heterocycles. The zero-order valence-corrected chi connectivity index (χ0v) is 11.4. The molecule has 0 fully saturated rings. The van der Waals surface area contributed by atoms with Gasteiger partial charge in [-0.05, 0) is 35.4 Å². The summed E-state index contributed by atoms with van der Waals surface area (Å²) in [5.41, 5.74) is 5.63. The van der Waals surface area contributed by atoms with Gasteiger partial charge in [-0.2, -0.15) is 0 Å². The van der Waals surface area contributed by atoms with Crippen LogP contribution in [0.5, 0.6) is 0 Å². The van der Waals surface area contributed by atoms with Gasteiger partial charge in [0.05, 0.1) is 0 Å². The Hall–Kier alpha value is -1.80. The molecule has 88 valence electrons. The van der Waals surface area contributed by atoms with Crippen LogP contribution >= 0.6 is 15.9 Å². The van der Waals surface area contributed by atoms with Gasteiger partial charge in [0, 0.05) is 21.4 Å². The molecule has 1 nitrogen and oxygen atoms in total. The highest BCUT2D eigenvalue weighted by Gasteiger charge is 2.15. The monoisotopic (exact) mass is 297 g/mol. The van der Waals surface area contributed by atoms with Crippen molar-refractivity contribution in [3.05, 3.63) is 82.5 Å². The molecule has 2 aromatic carbocycles. The van der Waals surface area contributed by atoms with Crippen LogP contribution in [0.2, 0.25) is 0 Å². The summed E-state index contributed by atoms with van der Waals surface area (Å²) in [6.07, 6.45) is 2.09. The van der Waals surface area contributed by atoms with Crippen LogP contribution in [0.4, 0.5) is 5.69 Å². The molecule has 0 bridgehead atoms. The van der Waals surface area contributed by atoms with Gasteiger partial charge in [0.15, 0.2) is 0 Å². The summed E-state index contributed by atoms with van der Waals surface area (Å²) in [4.78, 5) is 0. The number of hydrogen-bond acceptors (Lipinski definition) is 1. The lowest BCUT2D eigenvalue weighted by Crippen LogP contribution is -2.06. The van der Waals surface area contributed by atoms with Crippen molar-refractivity contribution in [2.75, 3.05) is 5.32 Å². The molecule has 0 spiro atoms. The van der Waals surface area contributed by atoms with E-state index in [0.717, 1.165) is 15.9 Å². The van der Waals surface area contributed by atoms with Gasteiger partial charge in [-0.15, -0.1) is 0 Å². The fourth-order valence-electron chi connectivity index (χ4n) is 2.17. The third-order valence-electron chi connectivity index (χ3n) is 2.97. The van der Waals surface area contributed by atoms with Gasteiger partial charge < -0.3 is 5.32 Å². The lowest BCUT2D eigenvalue weighted by atomic mass is 9.93. The minimum Gasteiger partial charge on any atom is -0.355 e. The molecule has 1 N–H and O–H groups in total. The van der Waals surface area contributed by atoms with E-state index in [-0.39, 0.29) is 0 Å². The van der Waals surface area contributed by atoms with Crippen molar-refractivity contribution in [3.63, 3.8) is 0 Å². The van der Waals surface area contributed by atoms with Crippen LogP contribution in [0.25, 0.3) is 5.57 Å². The van der Waals surface area contributed by atoms with Crippen LogP contribution in [-0.4, -0.2) is 0 Å². The summed E-state index contributed by atoms with van der Waals surface area (Å²) in [6, 6.07) is 16.6. The SMILES string of the molecule is C=C1C=C(c2ccccc2)c2cc(Br)ccc2N1. The van der Waals surface area contributed by atoms with Crippen LogP contribution in [0.1, 0.15) is 11.1 Å². The molecule has 0 saturated carbocycles. The summed E-state index contributed by atoms with van der Waals surface area (Å²) in [5.74, 6) is 0. The largest absolute Gasteiger partial charge is 0.355 e. The fourth-order valence-corrected chi connectivity index (χ4v) is 2.53. The maximum atomic E-state index is 4.01. The van der Waals surface area contributed by atoms with Crippen molar-refractivity contribution in [1.82, 2.24) is 0 Å². The standard InChI is InChI=1S/C16H12BrN/c1-11-9-14(12-5-3-2-4-6-12)15-10-13(17)7-8-16(15)18-11/h2-10,18H,1H2. The average molecular weight is 298 g/mol. The van der Waals surface area contributed by atoms with E-state index >= 15 is 0 Å². The van der Waals surface area contributed by atoms with Gasteiger partial charge in [0.25, 0.3) is 0 Å². The van der Waals surface area contributed by atoms with Crippen LogP contribution < -0.4 is 5.32 Å². The molecular weight excluding hydrogens is 286 g/mol. The molecule has 2 heteroatoms. The first-order chi connectivity index (χ1) is 8.74. The number of halogens is 1. The number of nitrogens with one attached hydrogen (secondary N) is 1. The lowest BCUT2D eigenvalue weighted by Gasteiger charge is -2.21. The highest BCUT2D eigenvalue weighted by molar-refractivity contribution is 9.10. The molecule has 2 aromatic rings. The molecule has 0 unspecified atom stereocenters. The zero-order chi connectivity index (χ0) is 12.5. The summed E-state index contributed by atoms with van der Waals surface area (Å²) in [6.45, 7) is 4.01. The van der Waals surface area contributed by atoms with Crippen molar-refractivity contribution in [2.45, 2.75) is 0 Å². The van der Waals surface area contributed by atoms with Gasteiger partial charge in [0.2, 0.25) is 0 Å². The van der Waals surface area contributed by atoms with Crippen LogP contribution in [0, 0.1) is 0 Å². The molecule has 1 aliphatic rings. The fraction of sp³-hybridized carbons (Fsp3) is 0. The number of rotatable bonds is 1. The minimum absolute atomic E-state index is 0.920. The van der Waals surface area contributed by atoms with E-state index in [4.69, 9.17) is 0 Å². The number of hydrogen-bond donors (Lipinski definition) is 1. The molecule has 0 atom stereocenters. The van der Waals surface area contributed by atoms with Crippen LogP contribution in [0.15, 0.2) is 71.4 Å². The molecule has 0 aliphatic carbocycles. The molecule has 1 heterocycles. The number of anilines is 1. The van der Waals surface area contributed by atoms with Crippen molar-refractivity contribution in [2.24, 2.45) is 0 Å². The smallest absolute Gasteiger partial charge is 0.0464 e. The maximum absolute atomic E-state index is 4.01. The van der Waals surface area contributed by atoms with E-state index in [1.807, 2.05) is 12.1 Å². The lowest BCUT2D eigenvalue weighted by molar-refractivity contribution is 1.40. The van der Waals surface area contributed by atoms with E-state index in [2.05, 4.69) is 70.3 Å². The Morgan fingerprint density at radius 1 is 1.00 bits per heavy atom. The predicted molar refractivity (Wildman–Crippen MR) is 80.4 cm³/mol. The highest BCUT2D eigenvalue weighted by Crippen LogP contribution is 2.36. The van der Waals surface area contributed by atoms with E-state index in [0.29, 0.717) is 0 Å². The van der Waals surface area contributed by atoms with E-state index in [9.17, 15) is 0 Å². The molecule has 0 aromatic heterocycles. The second kappa shape index (κ2) is 4.46. The first-order valence-electron chi connectivity index (χ1n) is 5.77. The van der Waals surface area contributed by atoms with Crippen molar-refractivity contribution >= 4 is 27.2 Å². The van der Waals surface area contributed by atoms with Gasteiger partial charge in [-0.3, -0.25) is 0 Å². The number of benzene rings is 2. The highest BCUT2D eigenvalue weighted by atomic mass is 79.9. The summed E-state index contributed by atoms with van der Waals surface area (Å²) in [5, 5.41) is 3.30. The van der Waals surface area contributed by atoms with Crippen LogP contribution in [0.3, 0.4) is 0 Å². The second-order valence-corrected chi connectivity index (χ2v) is 5.18. The minimum atomic E-state index is 0.920.